The number of hydrogen-bond acceptors (Lipinski definition) is 4. The number of nitrogens with zero attached hydrogens (tertiary/aromatic N) is 1. The van der Waals surface area contributed by atoms with Crippen LogP contribution in [0.25, 0.3) is 0 Å². The minimum Gasteiger partial charge on any atom is -0.389 e. The molecular formula is C13H12ClN3S2. The molecule has 0 saturated carbocycles. The lowest BCUT2D eigenvalue weighted by Gasteiger charge is -2.09. The van der Waals surface area contributed by atoms with E-state index >= 15 is 0 Å². The number of thiazole rings is 1. The Hall–Kier alpha value is -1.17. The van der Waals surface area contributed by atoms with Gasteiger partial charge >= 0.3 is 0 Å². The van der Waals surface area contributed by atoms with Gasteiger partial charge < -0.3 is 11.1 Å². The van der Waals surface area contributed by atoms with Crippen molar-refractivity contribution in [3.63, 3.8) is 0 Å². The molecule has 1 aliphatic carbocycles. The van der Waals surface area contributed by atoms with Crippen LogP contribution >= 0.6 is 35.2 Å². The Morgan fingerprint density at radius 2 is 2.26 bits per heavy atom. The Morgan fingerprint density at radius 1 is 1.42 bits per heavy atom. The van der Waals surface area contributed by atoms with Crippen molar-refractivity contribution in [1.29, 1.82) is 0 Å². The molecule has 1 aromatic carbocycles. The molecule has 0 amide bonds. The van der Waals surface area contributed by atoms with Crippen LogP contribution in [0.3, 0.4) is 0 Å². The number of aryl methyl sites for hydroxylation is 2. The quantitative estimate of drug-likeness (QED) is 0.850. The lowest BCUT2D eigenvalue weighted by atomic mass is 10.2. The Bertz CT molecular complexity index is 630. The van der Waals surface area contributed by atoms with Crippen molar-refractivity contribution in [3.05, 3.63) is 39.4 Å². The monoisotopic (exact) mass is 309 g/mol. The summed E-state index contributed by atoms with van der Waals surface area (Å²) in [5, 5.41) is 4.80. The molecule has 19 heavy (non-hydrogen) atoms. The van der Waals surface area contributed by atoms with Crippen LogP contribution in [0, 0.1) is 0 Å². The summed E-state index contributed by atoms with van der Waals surface area (Å²) in [5.74, 6) is 0. The zero-order valence-electron chi connectivity index (χ0n) is 10.1. The molecule has 3 rings (SSSR count). The van der Waals surface area contributed by atoms with E-state index in [1.807, 2.05) is 12.1 Å². The summed E-state index contributed by atoms with van der Waals surface area (Å²) in [6.07, 6.45) is 3.42. The van der Waals surface area contributed by atoms with Gasteiger partial charge in [-0.3, -0.25) is 0 Å². The third-order valence-corrected chi connectivity index (χ3v) is 4.61. The van der Waals surface area contributed by atoms with E-state index in [9.17, 15) is 0 Å². The second-order valence-corrected chi connectivity index (χ2v) is 6.38. The summed E-state index contributed by atoms with van der Waals surface area (Å²) in [4.78, 5) is 6.32. The highest BCUT2D eigenvalue weighted by molar-refractivity contribution is 7.80. The van der Waals surface area contributed by atoms with Gasteiger partial charge in [0.1, 0.15) is 4.99 Å². The van der Waals surface area contributed by atoms with E-state index in [0.717, 1.165) is 29.2 Å². The first kappa shape index (κ1) is 12.8. The van der Waals surface area contributed by atoms with E-state index in [0.29, 0.717) is 10.0 Å². The second-order valence-electron chi connectivity index (χ2n) is 4.42. The van der Waals surface area contributed by atoms with Gasteiger partial charge in [0.15, 0.2) is 5.13 Å². The number of thiocarbonyl (C=S) groups is 1. The first-order valence-corrected chi connectivity index (χ1v) is 7.59. The standard InChI is InChI=1S/C13H12ClN3S2/c14-7-4-5-8(12(15)18)10(6-7)17-13-16-9-2-1-3-11(9)19-13/h4-6H,1-3H2,(H2,15,18)(H,16,17). The van der Waals surface area contributed by atoms with Gasteiger partial charge in [-0.15, -0.1) is 11.3 Å². The smallest absolute Gasteiger partial charge is 0.187 e. The van der Waals surface area contributed by atoms with E-state index < -0.39 is 0 Å². The van der Waals surface area contributed by atoms with Crippen LogP contribution in [-0.2, 0) is 12.8 Å². The maximum Gasteiger partial charge on any atom is 0.187 e. The molecule has 0 atom stereocenters. The van der Waals surface area contributed by atoms with Gasteiger partial charge in [0.2, 0.25) is 0 Å². The van der Waals surface area contributed by atoms with E-state index in [1.165, 1.54) is 17.0 Å². The molecule has 0 spiro atoms. The number of fused-ring (bicyclic) bond motifs is 1. The molecule has 0 aliphatic heterocycles. The molecular weight excluding hydrogens is 298 g/mol. The summed E-state index contributed by atoms with van der Waals surface area (Å²) in [6.45, 7) is 0. The molecule has 6 heteroatoms. The maximum absolute atomic E-state index is 6.02. The molecule has 0 radical (unpaired) electrons. The molecule has 3 nitrogen and oxygen atoms in total. The summed E-state index contributed by atoms with van der Waals surface area (Å²) >= 11 is 12.8. The Balaban J connectivity index is 1.93. The van der Waals surface area contributed by atoms with Crippen LogP contribution in [-0.4, -0.2) is 9.97 Å². The zero-order valence-corrected chi connectivity index (χ0v) is 12.5. The summed E-state index contributed by atoms with van der Waals surface area (Å²) in [6, 6.07) is 5.43. The summed E-state index contributed by atoms with van der Waals surface area (Å²) < 4.78 is 0. The predicted octanol–water partition coefficient (Wildman–Crippen LogP) is 3.66. The average Bonchev–Trinajstić information content (AvgIpc) is 2.89. The summed E-state index contributed by atoms with van der Waals surface area (Å²) in [7, 11) is 0. The van der Waals surface area contributed by atoms with Gasteiger partial charge in [-0.2, -0.15) is 0 Å². The summed E-state index contributed by atoms with van der Waals surface area (Å²) in [5.41, 5.74) is 8.54. The molecule has 0 fully saturated rings. The van der Waals surface area contributed by atoms with Crippen LogP contribution in [0.15, 0.2) is 18.2 Å². The first-order valence-electron chi connectivity index (χ1n) is 5.98. The number of nitrogens with two attached hydrogens (primary N) is 1. The molecule has 1 heterocycles. The molecule has 0 unspecified atom stereocenters. The number of halogens is 1. The SMILES string of the molecule is NC(=S)c1ccc(Cl)cc1Nc1nc2c(s1)CCC2. The van der Waals surface area contributed by atoms with Crippen LogP contribution in [0.5, 0.6) is 0 Å². The molecule has 0 saturated heterocycles. The number of hydrogen-bond donors (Lipinski definition) is 2. The normalized spacial score (nSPS) is 13.3. The highest BCUT2D eigenvalue weighted by atomic mass is 35.5. The number of rotatable bonds is 3. The van der Waals surface area contributed by atoms with Gasteiger partial charge in [0.05, 0.1) is 11.4 Å². The van der Waals surface area contributed by atoms with E-state index in [-0.39, 0.29) is 0 Å². The number of anilines is 2. The fourth-order valence-corrected chi connectivity index (χ4v) is 3.61. The Kier molecular flexibility index (Phi) is 3.43. The van der Waals surface area contributed by atoms with Crippen LogP contribution < -0.4 is 11.1 Å². The Morgan fingerprint density at radius 3 is 3.00 bits per heavy atom. The molecule has 3 N–H and O–H groups in total. The number of aromatic nitrogens is 1. The van der Waals surface area contributed by atoms with Crippen molar-refractivity contribution in [1.82, 2.24) is 4.98 Å². The lowest BCUT2D eigenvalue weighted by molar-refractivity contribution is 0.900. The lowest BCUT2D eigenvalue weighted by Crippen LogP contribution is -2.11. The van der Waals surface area contributed by atoms with Crippen LogP contribution in [0.1, 0.15) is 22.6 Å². The van der Waals surface area contributed by atoms with E-state index in [1.54, 1.807) is 17.4 Å². The van der Waals surface area contributed by atoms with E-state index in [2.05, 4.69) is 10.3 Å². The van der Waals surface area contributed by atoms with Crippen molar-refractivity contribution in [2.24, 2.45) is 5.73 Å². The van der Waals surface area contributed by atoms with Crippen molar-refractivity contribution in [2.45, 2.75) is 19.3 Å². The first-order chi connectivity index (χ1) is 9.13. The molecule has 0 bridgehead atoms. The molecule has 2 aromatic rings. The highest BCUT2D eigenvalue weighted by Gasteiger charge is 2.17. The van der Waals surface area contributed by atoms with Gasteiger partial charge in [0, 0.05) is 15.5 Å². The highest BCUT2D eigenvalue weighted by Crippen LogP contribution is 2.33. The average molecular weight is 310 g/mol. The second kappa shape index (κ2) is 5.07. The minimum absolute atomic E-state index is 0.350. The van der Waals surface area contributed by atoms with Gasteiger partial charge in [-0.05, 0) is 37.5 Å². The fraction of sp³-hybridized carbons (Fsp3) is 0.231. The van der Waals surface area contributed by atoms with E-state index in [4.69, 9.17) is 29.6 Å². The molecule has 1 aliphatic rings. The number of benzene rings is 1. The maximum atomic E-state index is 6.02. The number of nitrogens with one attached hydrogen (secondary N) is 1. The van der Waals surface area contributed by atoms with Crippen LogP contribution in [0.2, 0.25) is 5.02 Å². The Labute approximate surface area is 125 Å². The van der Waals surface area contributed by atoms with Gasteiger partial charge in [0.25, 0.3) is 0 Å². The zero-order chi connectivity index (χ0) is 13.4. The third kappa shape index (κ3) is 2.59. The predicted molar refractivity (Wildman–Crippen MR) is 84.8 cm³/mol. The van der Waals surface area contributed by atoms with Crippen molar-refractivity contribution >= 4 is 51.0 Å². The van der Waals surface area contributed by atoms with Gasteiger partial charge in [-0.1, -0.05) is 23.8 Å². The van der Waals surface area contributed by atoms with Crippen molar-refractivity contribution in [3.8, 4) is 0 Å². The fourth-order valence-electron chi connectivity index (χ4n) is 2.19. The molecule has 1 aromatic heterocycles. The third-order valence-electron chi connectivity index (χ3n) is 3.08. The topological polar surface area (TPSA) is 50.9 Å². The van der Waals surface area contributed by atoms with Gasteiger partial charge in [-0.25, -0.2) is 4.98 Å². The van der Waals surface area contributed by atoms with Crippen molar-refractivity contribution < 1.29 is 0 Å². The van der Waals surface area contributed by atoms with Crippen molar-refractivity contribution in [2.75, 3.05) is 5.32 Å². The minimum atomic E-state index is 0.350. The molecule has 98 valence electrons. The van der Waals surface area contributed by atoms with Crippen LogP contribution in [0.4, 0.5) is 10.8 Å². The largest absolute Gasteiger partial charge is 0.389 e.